The minimum absolute atomic E-state index is 0.109. The first kappa shape index (κ1) is 13.6. The summed E-state index contributed by atoms with van der Waals surface area (Å²) in [6.45, 7) is 1.35. The smallest absolute Gasteiger partial charge is 0.242 e. The Morgan fingerprint density at radius 2 is 1.85 bits per heavy atom. The number of fused-ring (bicyclic) bond motifs is 1. The number of hydrogen-bond acceptors (Lipinski definition) is 3. The highest BCUT2D eigenvalue weighted by Crippen LogP contribution is 2.38. The first-order valence-corrected chi connectivity index (χ1v) is 7.43. The van der Waals surface area contributed by atoms with Crippen LogP contribution in [0.15, 0.2) is 11.1 Å². The molecular weight excluding hydrogens is 280 g/mol. The van der Waals surface area contributed by atoms with Crippen LogP contribution in [0.25, 0.3) is 0 Å². The van der Waals surface area contributed by atoms with Gasteiger partial charge in [-0.1, -0.05) is 17.7 Å². The highest BCUT2D eigenvalue weighted by molar-refractivity contribution is 6.30. The first-order chi connectivity index (χ1) is 9.58. The van der Waals surface area contributed by atoms with E-state index in [-0.39, 0.29) is 36.1 Å². The molecule has 2 fully saturated rings. The third-order valence-corrected chi connectivity index (χ3v) is 4.72. The van der Waals surface area contributed by atoms with E-state index in [9.17, 15) is 14.4 Å². The van der Waals surface area contributed by atoms with Gasteiger partial charge in [-0.25, -0.2) is 0 Å². The van der Waals surface area contributed by atoms with Gasteiger partial charge in [0.25, 0.3) is 0 Å². The zero-order valence-electron chi connectivity index (χ0n) is 11.2. The standard InChI is InChI=1S/C14H17ClN2O3/c15-9-3-4-10-11(7-9)14(20)17(13(10)19)8-12(18)16-5-1-2-6-16/h3,10-11H,1-2,4-8H2/t10-,11+/m1/s1. The van der Waals surface area contributed by atoms with Crippen molar-refractivity contribution in [2.75, 3.05) is 19.6 Å². The molecule has 0 saturated carbocycles. The zero-order chi connectivity index (χ0) is 14.3. The van der Waals surface area contributed by atoms with Crippen molar-refractivity contribution in [2.45, 2.75) is 25.7 Å². The van der Waals surface area contributed by atoms with Crippen molar-refractivity contribution >= 4 is 29.3 Å². The number of likely N-dealkylation sites (tertiary alicyclic amines) is 2. The lowest BCUT2D eigenvalue weighted by Crippen LogP contribution is -2.42. The molecule has 3 rings (SSSR count). The minimum atomic E-state index is -0.369. The summed E-state index contributed by atoms with van der Waals surface area (Å²) in [4.78, 5) is 39.5. The summed E-state index contributed by atoms with van der Waals surface area (Å²) >= 11 is 5.96. The van der Waals surface area contributed by atoms with Crippen LogP contribution in [0.1, 0.15) is 25.7 Å². The van der Waals surface area contributed by atoms with Gasteiger partial charge in [0.1, 0.15) is 6.54 Å². The molecule has 0 bridgehead atoms. The van der Waals surface area contributed by atoms with Crippen molar-refractivity contribution in [3.05, 3.63) is 11.1 Å². The number of carbonyl (C=O) groups is 3. The van der Waals surface area contributed by atoms with Crippen molar-refractivity contribution in [3.8, 4) is 0 Å². The van der Waals surface area contributed by atoms with Crippen molar-refractivity contribution in [2.24, 2.45) is 11.8 Å². The highest BCUT2D eigenvalue weighted by atomic mass is 35.5. The van der Waals surface area contributed by atoms with Gasteiger partial charge in [0, 0.05) is 18.1 Å². The maximum absolute atomic E-state index is 12.3. The largest absolute Gasteiger partial charge is 0.341 e. The van der Waals surface area contributed by atoms with Gasteiger partial charge < -0.3 is 4.90 Å². The topological polar surface area (TPSA) is 57.7 Å². The fourth-order valence-corrected chi connectivity index (χ4v) is 3.51. The molecule has 2 saturated heterocycles. The molecule has 5 nitrogen and oxygen atoms in total. The summed E-state index contributed by atoms with van der Waals surface area (Å²) in [5.74, 6) is -1.27. The molecule has 0 radical (unpaired) electrons. The molecule has 108 valence electrons. The molecule has 3 aliphatic rings. The van der Waals surface area contributed by atoms with Gasteiger partial charge >= 0.3 is 0 Å². The highest BCUT2D eigenvalue weighted by Gasteiger charge is 2.49. The molecule has 2 aliphatic heterocycles. The Morgan fingerprint density at radius 3 is 2.55 bits per heavy atom. The summed E-state index contributed by atoms with van der Waals surface area (Å²) < 4.78 is 0. The minimum Gasteiger partial charge on any atom is -0.341 e. The number of allylic oxidation sites excluding steroid dienone is 2. The SMILES string of the molecule is O=C(CN1C(=O)[C@H]2CC(Cl)=CC[C@H]2C1=O)N1CCCC1. The third-order valence-electron chi connectivity index (χ3n) is 4.41. The van der Waals surface area contributed by atoms with E-state index in [0.717, 1.165) is 30.8 Å². The second-order valence-corrected chi connectivity index (χ2v) is 6.14. The van der Waals surface area contributed by atoms with Gasteiger partial charge in [-0.05, 0) is 25.7 Å². The Bertz CT molecular complexity index is 497. The monoisotopic (exact) mass is 296 g/mol. The fourth-order valence-electron chi connectivity index (χ4n) is 3.25. The lowest BCUT2D eigenvalue weighted by atomic mass is 9.85. The van der Waals surface area contributed by atoms with E-state index >= 15 is 0 Å². The maximum atomic E-state index is 12.3. The summed E-state index contributed by atoms with van der Waals surface area (Å²) in [6, 6.07) is 0. The number of rotatable bonds is 2. The fraction of sp³-hybridized carbons (Fsp3) is 0.643. The Hall–Kier alpha value is -1.36. The van der Waals surface area contributed by atoms with Crippen LogP contribution in [0, 0.1) is 11.8 Å². The number of nitrogens with zero attached hydrogens (tertiary/aromatic N) is 2. The van der Waals surface area contributed by atoms with Crippen LogP contribution in [0.2, 0.25) is 0 Å². The number of imide groups is 1. The van der Waals surface area contributed by atoms with Crippen LogP contribution in [0.3, 0.4) is 0 Å². The maximum Gasteiger partial charge on any atom is 0.242 e. The van der Waals surface area contributed by atoms with Crippen LogP contribution in [0.5, 0.6) is 0 Å². The van der Waals surface area contributed by atoms with Crippen molar-refractivity contribution in [1.29, 1.82) is 0 Å². The molecule has 0 N–H and O–H groups in total. The van der Waals surface area contributed by atoms with Gasteiger partial charge in [-0.2, -0.15) is 0 Å². The van der Waals surface area contributed by atoms with Crippen LogP contribution in [-0.4, -0.2) is 47.2 Å². The van der Waals surface area contributed by atoms with Crippen molar-refractivity contribution in [3.63, 3.8) is 0 Å². The van der Waals surface area contributed by atoms with Gasteiger partial charge in [-0.3, -0.25) is 19.3 Å². The van der Waals surface area contributed by atoms with Crippen LogP contribution >= 0.6 is 11.6 Å². The molecule has 0 unspecified atom stereocenters. The summed E-state index contributed by atoms with van der Waals surface area (Å²) in [5, 5.41) is 0.639. The Balaban J connectivity index is 1.70. The Labute approximate surface area is 122 Å². The summed E-state index contributed by atoms with van der Waals surface area (Å²) in [5.41, 5.74) is 0. The zero-order valence-corrected chi connectivity index (χ0v) is 11.9. The quantitative estimate of drug-likeness (QED) is 0.718. The molecule has 3 amide bonds. The van der Waals surface area contributed by atoms with Gasteiger partial charge in [0.15, 0.2) is 0 Å². The second-order valence-electron chi connectivity index (χ2n) is 5.65. The molecule has 6 heteroatoms. The molecule has 0 spiro atoms. The Morgan fingerprint density at radius 1 is 1.20 bits per heavy atom. The average molecular weight is 297 g/mol. The molecule has 2 atom stereocenters. The van der Waals surface area contributed by atoms with Gasteiger partial charge in [0.05, 0.1) is 11.8 Å². The summed E-state index contributed by atoms with van der Waals surface area (Å²) in [7, 11) is 0. The van der Waals surface area contributed by atoms with Crippen molar-refractivity contribution < 1.29 is 14.4 Å². The van der Waals surface area contributed by atoms with Crippen LogP contribution in [0.4, 0.5) is 0 Å². The molecule has 0 aromatic carbocycles. The van der Waals surface area contributed by atoms with Gasteiger partial charge in [0.2, 0.25) is 17.7 Å². The number of carbonyl (C=O) groups excluding carboxylic acids is 3. The normalized spacial score (nSPS) is 29.8. The molecule has 1 aliphatic carbocycles. The van der Waals surface area contributed by atoms with Gasteiger partial charge in [-0.15, -0.1) is 0 Å². The second kappa shape index (κ2) is 5.20. The third kappa shape index (κ3) is 2.24. The molecule has 0 aromatic rings. The molecule has 2 heterocycles. The van der Waals surface area contributed by atoms with E-state index in [0.29, 0.717) is 17.9 Å². The van der Waals surface area contributed by atoms with Crippen LogP contribution in [-0.2, 0) is 14.4 Å². The van der Waals surface area contributed by atoms with E-state index in [1.165, 1.54) is 0 Å². The average Bonchev–Trinajstić information content (AvgIpc) is 3.03. The Kier molecular flexibility index (Phi) is 3.54. The van der Waals surface area contributed by atoms with Crippen LogP contribution < -0.4 is 0 Å². The van der Waals surface area contributed by atoms with E-state index in [1.807, 2.05) is 0 Å². The van der Waals surface area contributed by atoms with E-state index < -0.39 is 0 Å². The first-order valence-electron chi connectivity index (χ1n) is 7.05. The lowest BCUT2D eigenvalue weighted by Gasteiger charge is -2.20. The number of hydrogen-bond donors (Lipinski definition) is 0. The molecule has 20 heavy (non-hydrogen) atoms. The molecule has 0 aromatic heterocycles. The van der Waals surface area contributed by atoms with E-state index in [1.54, 1.807) is 11.0 Å². The summed E-state index contributed by atoms with van der Waals surface area (Å²) in [6.07, 6.45) is 4.73. The lowest BCUT2D eigenvalue weighted by molar-refractivity contribution is -0.146. The number of halogens is 1. The number of amides is 3. The predicted octanol–water partition coefficient (Wildman–Crippen LogP) is 1.13. The van der Waals surface area contributed by atoms with E-state index in [4.69, 9.17) is 11.6 Å². The molecular formula is C14H17ClN2O3. The predicted molar refractivity (Wildman–Crippen MR) is 72.7 cm³/mol. The van der Waals surface area contributed by atoms with Crippen molar-refractivity contribution in [1.82, 2.24) is 9.80 Å². The van der Waals surface area contributed by atoms with E-state index in [2.05, 4.69) is 0 Å².